The van der Waals surface area contributed by atoms with Crippen LogP contribution in [-0.2, 0) is 6.54 Å². The SMILES string of the molecule is CCn1nc(C(C)C)cc1C(=O)N1CCCC(N)CC1. The van der Waals surface area contributed by atoms with E-state index in [2.05, 4.69) is 18.9 Å². The molecular formula is C15H26N4O. The molecule has 20 heavy (non-hydrogen) atoms. The number of hydrogen-bond donors (Lipinski definition) is 1. The molecule has 0 aromatic carbocycles. The molecule has 1 fully saturated rings. The van der Waals surface area contributed by atoms with E-state index in [-0.39, 0.29) is 11.9 Å². The smallest absolute Gasteiger partial charge is 0.272 e. The van der Waals surface area contributed by atoms with E-state index in [9.17, 15) is 4.79 Å². The van der Waals surface area contributed by atoms with Crippen LogP contribution in [0.2, 0.25) is 0 Å². The van der Waals surface area contributed by atoms with E-state index in [0.717, 1.165) is 44.6 Å². The topological polar surface area (TPSA) is 64.2 Å². The van der Waals surface area contributed by atoms with Gasteiger partial charge in [-0.3, -0.25) is 9.48 Å². The molecule has 1 aromatic rings. The van der Waals surface area contributed by atoms with Crippen molar-refractivity contribution >= 4 is 5.91 Å². The van der Waals surface area contributed by atoms with Crippen molar-refractivity contribution in [1.29, 1.82) is 0 Å². The van der Waals surface area contributed by atoms with Crippen LogP contribution in [0.1, 0.15) is 62.1 Å². The van der Waals surface area contributed by atoms with Crippen molar-refractivity contribution in [1.82, 2.24) is 14.7 Å². The van der Waals surface area contributed by atoms with Crippen molar-refractivity contribution in [3.63, 3.8) is 0 Å². The Kier molecular flexibility index (Phi) is 4.81. The number of rotatable bonds is 3. The van der Waals surface area contributed by atoms with Gasteiger partial charge in [-0.05, 0) is 38.2 Å². The highest BCUT2D eigenvalue weighted by atomic mass is 16.2. The Morgan fingerprint density at radius 2 is 2.20 bits per heavy atom. The van der Waals surface area contributed by atoms with E-state index in [0.29, 0.717) is 11.6 Å². The summed E-state index contributed by atoms with van der Waals surface area (Å²) in [5, 5.41) is 4.53. The van der Waals surface area contributed by atoms with Gasteiger partial charge in [0.25, 0.3) is 5.91 Å². The van der Waals surface area contributed by atoms with Crippen LogP contribution >= 0.6 is 0 Å². The molecular weight excluding hydrogens is 252 g/mol. The Morgan fingerprint density at radius 3 is 2.85 bits per heavy atom. The minimum absolute atomic E-state index is 0.0975. The fourth-order valence-corrected chi connectivity index (χ4v) is 2.62. The molecule has 2 rings (SSSR count). The number of hydrogen-bond acceptors (Lipinski definition) is 3. The van der Waals surface area contributed by atoms with Gasteiger partial charge in [-0.25, -0.2) is 0 Å². The number of nitrogens with two attached hydrogens (primary N) is 1. The van der Waals surface area contributed by atoms with Gasteiger partial charge in [0.05, 0.1) is 5.69 Å². The van der Waals surface area contributed by atoms with Crippen molar-refractivity contribution in [2.24, 2.45) is 5.73 Å². The van der Waals surface area contributed by atoms with Gasteiger partial charge in [0.1, 0.15) is 5.69 Å². The predicted molar refractivity (Wildman–Crippen MR) is 79.7 cm³/mol. The maximum Gasteiger partial charge on any atom is 0.272 e. The Balaban J connectivity index is 2.19. The molecule has 0 aliphatic carbocycles. The highest BCUT2D eigenvalue weighted by molar-refractivity contribution is 5.92. The molecule has 2 N–H and O–H groups in total. The fraction of sp³-hybridized carbons (Fsp3) is 0.733. The van der Waals surface area contributed by atoms with Crippen LogP contribution < -0.4 is 5.73 Å². The van der Waals surface area contributed by atoms with E-state index in [4.69, 9.17) is 5.73 Å². The summed E-state index contributed by atoms with van der Waals surface area (Å²) in [4.78, 5) is 14.6. The van der Waals surface area contributed by atoms with E-state index in [1.54, 1.807) is 0 Å². The van der Waals surface area contributed by atoms with E-state index in [1.807, 2.05) is 22.6 Å². The minimum atomic E-state index is 0.0975. The summed E-state index contributed by atoms with van der Waals surface area (Å²) >= 11 is 0. The molecule has 1 saturated heterocycles. The van der Waals surface area contributed by atoms with Crippen LogP contribution in [0.5, 0.6) is 0 Å². The molecule has 1 aromatic heterocycles. The molecule has 1 amide bonds. The maximum absolute atomic E-state index is 12.7. The third kappa shape index (κ3) is 3.20. The average Bonchev–Trinajstić information content (AvgIpc) is 2.74. The van der Waals surface area contributed by atoms with Crippen LogP contribution in [0.25, 0.3) is 0 Å². The Labute approximate surface area is 121 Å². The van der Waals surface area contributed by atoms with Crippen LogP contribution in [-0.4, -0.2) is 39.7 Å². The van der Waals surface area contributed by atoms with Gasteiger partial charge in [0.15, 0.2) is 0 Å². The molecule has 0 bridgehead atoms. The minimum Gasteiger partial charge on any atom is -0.337 e. The van der Waals surface area contributed by atoms with Crippen molar-refractivity contribution in [2.75, 3.05) is 13.1 Å². The second-order valence-corrected chi connectivity index (χ2v) is 5.91. The molecule has 5 nitrogen and oxygen atoms in total. The zero-order valence-electron chi connectivity index (χ0n) is 12.8. The quantitative estimate of drug-likeness (QED) is 0.919. The second-order valence-electron chi connectivity index (χ2n) is 5.91. The van der Waals surface area contributed by atoms with Gasteiger partial charge in [0.2, 0.25) is 0 Å². The van der Waals surface area contributed by atoms with Gasteiger partial charge in [-0.2, -0.15) is 5.10 Å². The lowest BCUT2D eigenvalue weighted by Crippen LogP contribution is -2.34. The molecule has 112 valence electrons. The van der Waals surface area contributed by atoms with Crippen molar-refractivity contribution < 1.29 is 4.79 Å². The van der Waals surface area contributed by atoms with Gasteiger partial charge < -0.3 is 10.6 Å². The Morgan fingerprint density at radius 1 is 1.45 bits per heavy atom. The molecule has 0 radical (unpaired) electrons. The van der Waals surface area contributed by atoms with Crippen LogP contribution in [0.4, 0.5) is 0 Å². The van der Waals surface area contributed by atoms with Crippen LogP contribution in [0.15, 0.2) is 6.07 Å². The summed E-state index contributed by atoms with van der Waals surface area (Å²) in [6.07, 6.45) is 2.89. The lowest BCUT2D eigenvalue weighted by Gasteiger charge is -2.20. The summed E-state index contributed by atoms with van der Waals surface area (Å²) in [6, 6.07) is 2.18. The first-order valence-corrected chi connectivity index (χ1v) is 7.65. The van der Waals surface area contributed by atoms with E-state index in [1.165, 1.54) is 0 Å². The third-order valence-corrected chi connectivity index (χ3v) is 3.97. The standard InChI is InChI=1S/C15H26N4O/c1-4-19-14(10-13(17-19)11(2)3)15(20)18-8-5-6-12(16)7-9-18/h10-12H,4-9,16H2,1-3H3. The number of aromatic nitrogens is 2. The number of likely N-dealkylation sites (tertiary alicyclic amines) is 1. The Bertz CT molecular complexity index is 466. The molecule has 1 aliphatic rings. The van der Waals surface area contributed by atoms with E-state index >= 15 is 0 Å². The van der Waals surface area contributed by atoms with Crippen molar-refractivity contribution in [3.05, 3.63) is 17.5 Å². The first-order chi connectivity index (χ1) is 9.52. The largest absolute Gasteiger partial charge is 0.337 e. The lowest BCUT2D eigenvalue weighted by molar-refractivity contribution is 0.0749. The summed E-state index contributed by atoms with van der Waals surface area (Å²) in [5.74, 6) is 0.437. The van der Waals surface area contributed by atoms with Crippen molar-refractivity contribution in [3.8, 4) is 0 Å². The molecule has 0 spiro atoms. The molecule has 1 unspecified atom stereocenters. The zero-order chi connectivity index (χ0) is 14.7. The third-order valence-electron chi connectivity index (χ3n) is 3.97. The molecule has 2 heterocycles. The normalized spacial score (nSPS) is 20.2. The lowest BCUT2D eigenvalue weighted by atomic mass is 10.1. The summed E-state index contributed by atoms with van der Waals surface area (Å²) in [5.41, 5.74) is 7.68. The molecule has 5 heteroatoms. The Hall–Kier alpha value is -1.36. The zero-order valence-corrected chi connectivity index (χ0v) is 12.8. The highest BCUT2D eigenvalue weighted by Gasteiger charge is 2.23. The summed E-state index contributed by atoms with van der Waals surface area (Å²) < 4.78 is 1.82. The van der Waals surface area contributed by atoms with Crippen molar-refractivity contribution in [2.45, 2.75) is 58.5 Å². The van der Waals surface area contributed by atoms with Crippen LogP contribution in [0, 0.1) is 0 Å². The first kappa shape index (κ1) is 15.0. The van der Waals surface area contributed by atoms with Gasteiger partial charge in [-0.1, -0.05) is 13.8 Å². The second kappa shape index (κ2) is 6.39. The number of aryl methyl sites for hydroxylation is 1. The molecule has 1 aliphatic heterocycles. The molecule has 1 atom stereocenters. The average molecular weight is 278 g/mol. The van der Waals surface area contributed by atoms with Gasteiger partial charge in [0, 0.05) is 25.7 Å². The van der Waals surface area contributed by atoms with E-state index < -0.39 is 0 Å². The predicted octanol–water partition coefficient (Wildman–Crippen LogP) is 1.98. The maximum atomic E-state index is 12.7. The summed E-state index contributed by atoms with van der Waals surface area (Å²) in [6.45, 7) is 8.50. The van der Waals surface area contributed by atoms with Gasteiger partial charge in [-0.15, -0.1) is 0 Å². The first-order valence-electron chi connectivity index (χ1n) is 7.65. The number of amides is 1. The van der Waals surface area contributed by atoms with Gasteiger partial charge >= 0.3 is 0 Å². The summed E-state index contributed by atoms with van der Waals surface area (Å²) in [7, 11) is 0. The highest BCUT2D eigenvalue weighted by Crippen LogP contribution is 2.18. The monoisotopic (exact) mass is 278 g/mol. The van der Waals surface area contributed by atoms with Crippen LogP contribution in [0.3, 0.4) is 0 Å². The number of carbonyl (C=O) groups excluding carboxylic acids is 1. The fourth-order valence-electron chi connectivity index (χ4n) is 2.62. The number of nitrogens with zero attached hydrogens (tertiary/aromatic N) is 3. The number of carbonyl (C=O) groups is 1. The molecule has 0 saturated carbocycles.